The predicted octanol–water partition coefficient (Wildman–Crippen LogP) is 2.85. The Balaban J connectivity index is 2.09. The lowest BCUT2D eigenvalue weighted by atomic mass is 9.98. The van der Waals surface area contributed by atoms with Crippen molar-refractivity contribution >= 4 is 17.3 Å². The minimum atomic E-state index is -0.702. The highest BCUT2D eigenvalue weighted by Crippen LogP contribution is 2.36. The molecule has 0 spiro atoms. The number of ether oxygens (including phenoxy) is 1. The largest absolute Gasteiger partial charge is 0.457 e. The molecule has 0 fully saturated rings. The van der Waals surface area contributed by atoms with Crippen LogP contribution in [0.1, 0.15) is 5.56 Å². The summed E-state index contributed by atoms with van der Waals surface area (Å²) in [4.78, 5) is 23.1. The number of hydrogen-bond acceptors (Lipinski definition) is 5. The number of halogens is 1. The van der Waals surface area contributed by atoms with Crippen LogP contribution in [0.5, 0.6) is 11.5 Å². The van der Waals surface area contributed by atoms with Crippen LogP contribution in [0.3, 0.4) is 0 Å². The van der Waals surface area contributed by atoms with Gasteiger partial charge in [0.15, 0.2) is 0 Å². The molecule has 0 saturated carbocycles. The third-order valence-electron chi connectivity index (χ3n) is 3.35. The van der Waals surface area contributed by atoms with Gasteiger partial charge in [-0.05, 0) is 30.3 Å². The van der Waals surface area contributed by atoms with E-state index in [0.717, 1.165) is 0 Å². The van der Waals surface area contributed by atoms with Crippen molar-refractivity contribution in [1.29, 1.82) is 5.26 Å². The van der Waals surface area contributed by atoms with Crippen molar-refractivity contribution in [2.45, 2.75) is 0 Å². The normalized spacial score (nSPS) is 10.4. The summed E-state index contributed by atoms with van der Waals surface area (Å²) in [6.45, 7) is 0. The maximum atomic E-state index is 11.7. The highest BCUT2D eigenvalue weighted by atomic mass is 35.5. The molecule has 2 N–H and O–H groups in total. The van der Waals surface area contributed by atoms with E-state index >= 15 is 0 Å². The van der Waals surface area contributed by atoms with E-state index in [1.807, 2.05) is 6.07 Å². The van der Waals surface area contributed by atoms with Crippen LogP contribution < -0.4 is 21.3 Å². The molecule has 5 nitrogen and oxygen atoms in total. The number of nitrogen functional groups attached to an aromatic ring is 1. The van der Waals surface area contributed by atoms with E-state index in [0.29, 0.717) is 21.9 Å². The fourth-order valence-corrected chi connectivity index (χ4v) is 2.38. The fraction of sp³-hybridized carbons (Fsp3) is 0. The van der Waals surface area contributed by atoms with Crippen LogP contribution in [0, 0.1) is 11.3 Å². The van der Waals surface area contributed by atoms with Crippen molar-refractivity contribution < 1.29 is 4.74 Å². The Labute approximate surface area is 135 Å². The van der Waals surface area contributed by atoms with Crippen LogP contribution in [-0.4, -0.2) is 0 Å². The quantitative estimate of drug-likeness (QED) is 0.748. The Bertz CT molecular complexity index is 1030. The van der Waals surface area contributed by atoms with Gasteiger partial charge in [-0.25, -0.2) is 0 Å². The molecule has 0 amide bonds. The SMILES string of the molecule is N#Cc1cccc(Oc2cc(Cl)ccc2-c2c(N)c(=O)c2=O)c1. The van der Waals surface area contributed by atoms with Crippen molar-refractivity contribution in [2.24, 2.45) is 0 Å². The zero-order valence-electron chi connectivity index (χ0n) is 11.7. The molecule has 0 unspecified atom stereocenters. The first kappa shape index (κ1) is 14.8. The molecule has 0 aliphatic carbocycles. The summed E-state index contributed by atoms with van der Waals surface area (Å²) in [7, 11) is 0. The van der Waals surface area contributed by atoms with Gasteiger partial charge in [0.1, 0.15) is 11.5 Å². The van der Waals surface area contributed by atoms with Gasteiger partial charge >= 0.3 is 0 Å². The van der Waals surface area contributed by atoms with Crippen molar-refractivity contribution in [2.75, 3.05) is 5.73 Å². The van der Waals surface area contributed by atoms with Gasteiger partial charge in [-0.1, -0.05) is 17.7 Å². The molecule has 0 heterocycles. The molecule has 0 aliphatic heterocycles. The molecule has 3 aromatic carbocycles. The number of benzene rings is 2. The van der Waals surface area contributed by atoms with Gasteiger partial charge in [-0.3, -0.25) is 9.59 Å². The zero-order chi connectivity index (χ0) is 16.6. The molecule has 6 heteroatoms. The van der Waals surface area contributed by atoms with Crippen molar-refractivity contribution in [1.82, 2.24) is 0 Å². The van der Waals surface area contributed by atoms with Crippen LogP contribution in [0.4, 0.5) is 5.69 Å². The molecule has 0 saturated heterocycles. The number of anilines is 1. The second kappa shape index (κ2) is 5.59. The summed E-state index contributed by atoms with van der Waals surface area (Å²) >= 11 is 5.98. The van der Waals surface area contributed by atoms with E-state index < -0.39 is 10.9 Å². The fourth-order valence-electron chi connectivity index (χ4n) is 2.22. The minimum absolute atomic E-state index is 0.0899. The monoisotopic (exact) mass is 324 g/mol. The maximum absolute atomic E-state index is 11.7. The molecule has 112 valence electrons. The van der Waals surface area contributed by atoms with Crippen LogP contribution in [0.25, 0.3) is 11.1 Å². The smallest absolute Gasteiger partial charge is 0.249 e. The third-order valence-corrected chi connectivity index (χ3v) is 3.59. The summed E-state index contributed by atoms with van der Waals surface area (Å²) in [5.74, 6) is 0.691. The highest BCUT2D eigenvalue weighted by molar-refractivity contribution is 6.30. The predicted molar refractivity (Wildman–Crippen MR) is 87.4 cm³/mol. The summed E-state index contributed by atoms with van der Waals surface area (Å²) < 4.78 is 5.73. The zero-order valence-corrected chi connectivity index (χ0v) is 12.4. The van der Waals surface area contributed by atoms with E-state index in [4.69, 9.17) is 27.3 Å². The average Bonchev–Trinajstić information content (AvgIpc) is 2.57. The van der Waals surface area contributed by atoms with E-state index in [1.54, 1.807) is 36.4 Å². The number of hydrogen-bond donors (Lipinski definition) is 1. The number of rotatable bonds is 3. The van der Waals surface area contributed by atoms with Gasteiger partial charge in [-0.2, -0.15) is 5.26 Å². The number of nitriles is 1. The second-order valence-electron chi connectivity index (χ2n) is 4.83. The van der Waals surface area contributed by atoms with Gasteiger partial charge in [0.05, 0.1) is 22.9 Å². The van der Waals surface area contributed by atoms with Crippen LogP contribution in [-0.2, 0) is 0 Å². The molecule has 0 aliphatic rings. The standard InChI is InChI=1S/C17H9ClN2O3/c18-10-4-5-12(14-15(20)17(22)16(14)21)13(7-10)23-11-3-1-2-9(6-11)8-19/h1-7H,20H2. The van der Waals surface area contributed by atoms with Crippen molar-refractivity contribution in [3.63, 3.8) is 0 Å². The first-order chi connectivity index (χ1) is 11.0. The van der Waals surface area contributed by atoms with Gasteiger partial charge in [0.2, 0.25) is 10.9 Å². The van der Waals surface area contributed by atoms with Gasteiger partial charge in [0, 0.05) is 16.7 Å². The van der Waals surface area contributed by atoms with E-state index in [-0.39, 0.29) is 17.0 Å². The molecule has 0 atom stereocenters. The molecule has 0 radical (unpaired) electrons. The lowest BCUT2D eigenvalue weighted by Gasteiger charge is -2.14. The Kier molecular flexibility index (Phi) is 3.61. The van der Waals surface area contributed by atoms with E-state index in [2.05, 4.69) is 0 Å². The first-order valence-corrected chi connectivity index (χ1v) is 6.96. The summed E-state index contributed by atoms with van der Waals surface area (Å²) in [6, 6.07) is 13.2. The van der Waals surface area contributed by atoms with Gasteiger partial charge in [0.25, 0.3) is 0 Å². The molecular weight excluding hydrogens is 316 g/mol. The first-order valence-electron chi connectivity index (χ1n) is 6.58. The van der Waals surface area contributed by atoms with E-state index in [1.165, 1.54) is 6.07 Å². The summed E-state index contributed by atoms with van der Waals surface area (Å²) in [5, 5.41) is 9.33. The van der Waals surface area contributed by atoms with Crippen molar-refractivity contribution in [3.05, 3.63) is 73.5 Å². The molecule has 0 bridgehead atoms. The summed E-state index contributed by atoms with van der Waals surface area (Å²) in [6.07, 6.45) is 0. The van der Waals surface area contributed by atoms with Crippen LogP contribution in [0.2, 0.25) is 5.02 Å². The van der Waals surface area contributed by atoms with E-state index in [9.17, 15) is 9.59 Å². The second-order valence-corrected chi connectivity index (χ2v) is 5.27. The maximum Gasteiger partial charge on any atom is 0.249 e. The number of nitrogens with zero attached hydrogens (tertiary/aromatic N) is 1. The van der Waals surface area contributed by atoms with Gasteiger partial charge < -0.3 is 10.5 Å². The third kappa shape index (κ3) is 2.56. The van der Waals surface area contributed by atoms with Gasteiger partial charge in [-0.15, -0.1) is 0 Å². The Morgan fingerprint density at radius 1 is 1.09 bits per heavy atom. The van der Waals surface area contributed by atoms with Crippen molar-refractivity contribution in [3.8, 4) is 28.7 Å². The average molecular weight is 325 g/mol. The molecule has 0 aromatic heterocycles. The number of nitrogens with two attached hydrogens (primary N) is 1. The van der Waals surface area contributed by atoms with Crippen LogP contribution >= 0.6 is 11.6 Å². The topological polar surface area (TPSA) is 93.2 Å². The highest BCUT2D eigenvalue weighted by Gasteiger charge is 2.23. The Hall–Kier alpha value is -3.10. The lowest BCUT2D eigenvalue weighted by Crippen LogP contribution is -2.35. The molecule has 3 rings (SSSR count). The Morgan fingerprint density at radius 3 is 2.57 bits per heavy atom. The lowest BCUT2D eigenvalue weighted by molar-refractivity contribution is 0.484. The summed E-state index contributed by atoms with van der Waals surface area (Å²) in [5.41, 5.74) is 5.11. The molecule has 3 aromatic rings. The molecular formula is C17H9ClN2O3. The molecule has 23 heavy (non-hydrogen) atoms. The van der Waals surface area contributed by atoms with Crippen LogP contribution in [0.15, 0.2) is 52.1 Å². The minimum Gasteiger partial charge on any atom is -0.457 e. The Morgan fingerprint density at radius 2 is 1.87 bits per heavy atom.